The number of amides is 1. The Kier molecular flexibility index (Phi) is 2.88. The van der Waals surface area contributed by atoms with E-state index in [0.717, 1.165) is 11.0 Å². The van der Waals surface area contributed by atoms with E-state index in [0.29, 0.717) is 11.6 Å². The van der Waals surface area contributed by atoms with Gasteiger partial charge >= 0.3 is 0 Å². The Morgan fingerprint density at radius 1 is 1.47 bits per heavy atom. The van der Waals surface area contributed by atoms with E-state index < -0.39 is 0 Å². The van der Waals surface area contributed by atoms with Gasteiger partial charge in [-0.15, -0.1) is 0 Å². The highest BCUT2D eigenvalue weighted by Crippen LogP contribution is 2.24. The van der Waals surface area contributed by atoms with Crippen LogP contribution in [0.15, 0.2) is 18.3 Å². The summed E-state index contributed by atoms with van der Waals surface area (Å²) in [7, 11) is 3.48. The minimum Gasteiger partial charge on any atom is -0.344 e. The lowest BCUT2D eigenvalue weighted by atomic mass is 10.0. The summed E-state index contributed by atoms with van der Waals surface area (Å²) < 4.78 is 0. The lowest BCUT2D eigenvalue weighted by Crippen LogP contribution is -2.21. The molecule has 2 rings (SSSR count). The summed E-state index contributed by atoms with van der Waals surface area (Å²) in [6.45, 7) is 4.27. The maximum absolute atomic E-state index is 11.9. The van der Waals surface area contributed by atoms with Crippen LogP contribution in [0, 0.1) is 0 Å². The highest BCUT2D eigenvalue weighted by Gasteiger charge is 2.14. The van der Waals surface area contributed by atoms with Crippen LogP contribution in [0.5, 0.6) is 0 Å². The van der Waals surface area contributed by atoms with Gasteiger partial charge in [0.1, 0.15) is 11.3 Å². The van der Waals surface area contributed by atoms with Crippen molar-refractivity contribution < 1.29 is 6.22 Å². The zero-order valence-corrected chi connectivity index (χ0v) is 10.6. The normalized spacial score (nSPS) is 11.1. The van der Waals surface area contributed by atoms with E-state index in [2.05, 4.69) is 23.8 Å². The number of H-pyrrole nitrogens is 1. The van der Waals surface area contributed by atoms with Gasteiger partial charge in [-0.3, -0.25) is 4.79 Å². The predicted molar refractivity (Wildman–Crippen MR) is 70.3 cm³/mol. The molecule has 2 aromatic heterocycles. The third-order valence-corrected chi connectivity index (χ3v) is 2.82. The first-order chi connectivity index (χ1) is 8.00. The number of fused-ring (bicyclic) bond motifs is 1. The number of carbonyl (C=O) groups is 1. The number of nitrogens with zero attached hydrogens (tertiary/aromatic N) is 2. The summed E-state index contributed by atoms with van der Waals surface area (Å²) in [4.78, 5) is 20.7. The lowest BCUT2D eigenvalue weighted by Gasteiger charge is -2.07. The molecule has 2 aromatic rings. The number of pyridine rings is 1. The summed E-state index contributed by atoms with van der Waals surface area (Å²) >= 11 is 0. The SMILES string of the molecule is CC(C)c1ccnc2[nH]c(C(=O)N(C)C)cc12.[HH]. The summed E-state index contributed by atoms with van der Waals surface area (Å²) in [6.07, 6.45) is 1.78. The third kappa shape index (κ3) is 2.02. The largest absolute Gasteiger partial charge is 0.344 e. The molecule has 0 unspecified atom stereocenters. The van der Waals surface area contributed by atoms with Gasteiger partial charge in [0.25, 0.3) is 5.91 Å². The van der Waals surface area contributed by atoms with Gasteiger partial charge in [0, 0.05) is 27.1 Å². The van der Waals surface area contributed by atoms with Crippen molar-refractivity contribution in [2.45, 2.75) is 19.8 Å². The maximum atomic E-state index is 11.9. The minimum atomic E-state index is -0.0299. The predicted octanol–water partition coefficient (Wildman–Crippen LogP) is 2.63. The van der Waals surface area contributed by atoms with Crippen molar-refractivity contribution in [1.29, 1.82) is 0 Å². The second-order valence-corrected chi connectivity index (χ2v) is 4.70. The fourth-order valence-electron chi connectivity index (χ4n) is 1.91. The molecule has 92 valence electrons. The molecule has 0 spiro atoms. The maximum Gasteiger partial charge on any atom is 0.269 e. The van der Waals surface area contributed by atoms with E-state index in [9.17, 15) is 4.79 Å². The van der Waals surface area contributed by atoms with Gasteiger partial charge in [0.05, 0.1) is 0 Å². The van der Waals surface area contributed by atoms with Crippen LogP contribution in [0.4, 0.5) is 0 Å². The van der Waals surface area contributed by atoms with Crippen molar-refractivity contribution in [3.8, 4) is 0 Å². The Morgan fingerprint density at radius 2 is 2.18 bits per heavy atom. The van der Waals surface area contributed by atoms with Crippen LogP contribution in [-0.4, -0.2) is 34.9 Å². The Balaban J connectivity index is 0.00000162. The number of aromatic amines is 1. The van der Waals surface area contributed by atoms with Crippen molar-refractivity contribution in [3.05, 3.63) is 29.6 Å². The van der Waals surface area contributed by atoms with E-state index in [1.165, 1.54) is 5.56 Å². The molecule has 0 aliphatic heterocycles. The second-order valence-electron chi connectivity index (χ2n) is 4.70. The van der Waals surface area contributed by atoms with E-state index in [-0.39, 0.29) is 7.33 Å². The fraction of sp³-hybridized carbons (Fsp3) is 0.385. The molecule has 0 aliphatic rings. The van der Waals surface area contributed by atoms with Crippen molar-refractivity contribution in [1.82, 2.24) is 14.9 Å². The Bertz CT molecular complexity index is 560. The molecule has 1 N–H and O–H groups in total. The first-order valence-corrected chi connectivity index (χ1v) is 5.70. The van der Waals surface area contributed by atoms with Crippen LogP contribution in [0.3, 0.4) is 0 Å². The first kappa shape index (κ1) is 11.6. The summed E-state index contributed by atoms with van der Waals surface area (Å²) in [5, 5.41) is 1.03. The molecule has 4 heteroatoms. The molecule has 4 nitrogen and oxygen atoms in total. The Labute approximate surface area is 102 Å². The fourth-order valence-corrected chi connectivity index (χ4v) is 1.91. The molecule has 17 heavy (non-hydrogen) atoms. The molecular formula is C13H19N3O. The number of rotatable bonds is 2. The van der Waals surface area contributed by atoms with Gasteiger partial charge < -0.3 is 9.88 Å². The molecule has 0 saturated carbocycles. The van der Waals surface area contributed by atoms with Crippen molar-refractivity contribution in [2.24, 2.45) is 0 Å². The zero-order chi connectivity index (χ0) is 12.6. The number of hydrogen-bond donors (Lipinski definition) is 1. The Morgan fingerprint density at radius 3 is 2.76 bits per heavy atom. The minimum absolute atomic E-state index is 0. The number of nitrogens with one attached hydrogen (secondary N) is 1. The average molecular weight is 233 g/mol. The van der Waals surface area contributed by atoms with E-state index >= 15 is 0 Å². The van der Waals surface area contributed by atoms with Crippen LogP contribution in [-0.2, 0) is 0 Å². The van der Waals surface area contributed by atoms with Crippen molar-refractivity contribution in [2.75, 3.05) is 14.1 Å². The molecular weight excluding hydrogens is 214 g/mol. The standard InChI is InChI=1S/C13H17N3O.H2/c1-8(2)9-5-6-14-12-10(9)7-11(15-12)13(17)16(3)4;/h5-8H,1-4H3,(H,14,15);1H. The highest BCUT2D eigenvalue weighted by molar-refractivity contribution is 5.97. The van der Waals surface area contributed by atoms with Gasteiger partial charge in [-0.05, 0) is 23.6 Å². The van der Waals surface area contributed by atoms with Crippen LogP contribution in [0.25, 0.3) is 11.0 Å². The third-order valence-electron chi connectivity index (χ3n) is 2.82. The van der Waals surface area contributed by atoms with Crippen molar-refractivity contribution >= 4 is 16.9 Å². The molecule has 0 aromatic carbocycles. The molecule has 0 atom stereocenters. The van der Waals surface area contributed by atoms with E-state index in [1.807, 2.05) is 12.1 Å². The second kappa shape index (κ2) is 4.20. The monoisotopic (exact) mass is 233 g/mol. The molecule has 1 amide bonds. The Hall–Kier alpha value is -1.84. The van der Waals surface area contributed by atoms with Crippen LogP contribution in [0.2, 0.25) is 0 Å². The van der Waals surface area contributed by atoms with Crippen LogP contribution in [0.1, 0.15) is 37.2 Å². The lowest BCUT2D eigenvalue weighted by molar-refractivity contribution is 0.0823. The topological polar surface area (TPSA) is 49.0 Å². The van der Waals surface area contributed by atoms with Crippen LogP contribution < -0.4 is 0 Å². The van der Waals surface area contributed by atoms with Gasteiger partial charge in [0.15, 0.2) is 0 Å². The molecule has 0 aliphatic carbocycles. The molecule has 0 fully saturated rings. The molecule has 2 heterocycles. The zero-order valence-electron chi connectivity index (χ0n) is 10.6. The van der Waals surface area contributed by atoms with Crippen LogP contribution >= 0.6 is 0 Å². The van der Waals surface area contributed by atoms with Crippen molar-refractivity contribution in [3.63, 3.8) is 0 Å². The molecule has 0 bridgehead atoms. The number of aromatic nitrogens is 2. The van der Waals surface area contributed by atoms with E-state index in [4.69, 9.17) is 0 Å². The van der Waals surface area contributed by atoms with Gasteiger partial charge in [0.2, 0.25) is 0 Å². The average Bonchev–Trinajstić information content (AvgIpc) is 2.70. The summed E-state index contributed by atoms with van der Waals surface area (Å²) in [6, 6.07) is 3.89. The number of hydrogen-bond acceptors (Lipinski definition) is 2. The van der Waals surface area contributed by atoms with Gasteiger partial charge in [-0.25, -0.2) is 4.98 Å². The smallest absolute Gasteiger partial charge is 0.269 e. The molecule has 0 radical (unpaired) electrons. The van der Waals surface area contributed by atoms with Gasteiger partial charge in [-0.2, -0.15) is 0 Å². The van der Waals surface area contributed by atoms with E-state index in [1.54, 1.807) is 25.2 Å². The summed E-state index contributed by atoms with van der Waals surface area (Å²) in [5.74, 6) is 0.385. The first-order valence-electron chi connectivity index (χ1n) is 5.70. The number of carbonyl (C=O) groups excluding carboxylic acids is 1. The van der Waals surface area contributed by atoms with Gasteiger partial charge in [-0.1, -0.05) is 13.8 Å². The quantitative estimate of drug-likeness (QED) is 0.866. The highest BCUT2D eigenvalue weighted by atomic mass is 16.2. The molecule has 0 saturated heterocycles. The summed E-state index contributed by atoms with van der Waals surface area (Å²) in [5.41, 5.74) is 2.58.